The Morgan fingerprint density at radius 1 is 0.920 bits per heavy atom. The van der Waals surface area contributed by atoms with Gasteiger partial charge in [-0.1, -0.05) is 6.07 Å². The van der Waals surface area contributed by atoms with Gasteiger partial charge in [-0.05, 0) is 49.2 Å². The van der Waals surface area contributed by atoms with Crippen LogP contribution in [0.4, 0.5) is 0 Å². The van der Waals surface area contributed by atoms with Crippen LogP contribution in [-0.2, 0) is 10.0 Å². The summed E-state index contributed by atoms with van der Waals surface area (Å²) < 4.78 is 43.2. The SMILES string of the molecule is COc1ccc(S(=O)(=O)NCCOc2ccc(C)c(C)c2)c(OC)c1. The van der Waals surface area contributed by atoms with E-state index in [4.69, 9.17) is 14.2 Å². The molecule has 0 saturated carbocycles. The lowest BCUT2D eigenvalue weighted by atomic mass is 10.1. The minimum Gasteiger partial charge on any atom is -0.497 e. The highest BCUT2D eigenvalue weighted by Gasteiger charge is 2.19. The maximum atomic E-state index is 12.4. The zero-order chi connectivity index (χ0) is 18.4. The molecule has 0 fully saturated rings. The molecule has 0 heterocycles. The van der Waals surface area contributed by atoms with Gasteiger partial charge in [-0.3, -0.25) is 0 Å². The molecule has 0 aromatic heterocycles. The van der Waals surface area contributed by atoms with E-state index < -0.39 is 10.0 Å². The average Bonchev–Trinajstić information content (AvgIpc) is 2.61. The van der Waals surface area contributed by atoms with Crippen LogP contribution in [0.5, 0.6) is 17.2 Å². The third-order valence-electron chi connectivity index (χ3n) is 3.80. The van der Waals surface area contributed by atoms with E-state index in [-0.39, 0.29) is 23.8 Å². The van der Waals surface area contributed by atoms with E-state index in [9.17, 15) is 8.42 Å². The zero-order valence-corrected chi connectivity index (χ0v) is 15.6. The zero-order valence-electron chi connectivity index (χ0n) is 14.8. The van der Waals surface area contributed by atoms with E-state index in [1.807, 2.05) is 32.0 Å². The number of ether oxygens (including phenoxy) is 3. The Morgan fingerprint density at radius 3 is 2.28 bits per heavy atom. The van der Waals surface area contributed by atoms with Crippen molar-refractivity contribution in [3.05, 3.63) is 47.5 Å². The van der Waals surface area contributed by atoms with Crippen LogP contribution in [0.25, 0.3) is 0 Å². The fourth-order valence-corrected chi connectivity index (χ4v) is 3.39. The Hall–Kier alpha value is -2.25. The number of hydrogen-bond donors (Lipinski definition) is 1. The second kappa shape index (κ2) is 8.22. The van der Waals surface area contributed by atoms with Crippen molar-refractivity contribution >= 4 is 10.0 Å². The quantitative estimate of drug-likeness (QED) is 0.728. The predicted octanol–water partition coefficient (Wildman–Crippen LogP) is 2.68. The highest BCUT2D eigenvalue weighted by molar-refractivity contribution is 7.89. The van der Waals surface area contributed by atoms with E-state index in [1.165, 1.54) is 31.9 Å². The molecule has 0 saturated heterocycles. The maximum Gasteiger partial charge on any atom is 0.244 e. The molecule has 0 aliphatic carbocycles. The van der Waals surface area contributed by atoms with E-state index >= 15 is 0 Å². The molecule has 0 radical (unpaired) electrons. The van der Waals surface area contributed by atoms with Gasteiger partial charge in [0.2, 0.25) is 10.0 Å². The molecular weight excluding hydrogens is 342 g/mol. The molecule has 0 unspecified atom stereocenters. The third kappa shape index (κ3) is 4.87. The van der Waals surface area contributed by atoms with Crippen LogP contribution in [0.3, 0.4) is 0 Å². The van der Waals surface area contributed by atoms with Crippen molar-refractivity contribution in [2.45, 2.75) is 18.7 Å². The molecule has 2 aromatic carbocycles. The first kappa shape index (κ1) is 19.1. The van der Waals surface area contributed by atoms with Gasteiger partial charge < -0.3 is 14.2 Å². The molecular formula is C18H23NO5S. The first-order valence-corrected chi connectivity index (χ1v) is 9.27. The molecule has 136 valence electrons. The summed E-state index contributed by atoms with van der Waals surface area (Å²) in [7, 11) is -0.789. The number of aryl methyl sites for hydroxylation is 2. The summed E-state index contributed by atoms with van der Waals surface area (Å²) in [6, 6.07) is 10.3. The molecule has 0 spiro atoms. The van der Waals surface area contributed by atoms with Crippen molar-refractivity contribution in [2.24, 2.45) is 0 Å². The minimum atomic E-state index is -3.71. The van der Waals surface area contributed by atoms with Gasteiger partial charge in [-0.15, -0.1) is 0 Å². The molecule has 25 heavy (non-hydrogen) atoms. The lowest BCUT2D eigenvalue weighted by molar-refractivity contribution is 0.322. The van der Waals surface area contributed by atoms with Crippen LogP contribution in [0.1, 0.15) is 11.1 Å². The second-order valence-corrected chi connectivity index (χ2v) is 7.24. The summed E-state index contributed by atoms with van der Waals surface area (Å²) in [5, 5.41) is 0. The van der Waals surface area contributed by atoms with Gasteiger partial charge in [0, 0.05) is 12.6 Å². The van der Waals surface area contributed by atoms with Crippen LogP contribution < -0.4 is 18.9 Å². The van der Waals surface area contributed by atoms with Gasteiger partial charge in [-0.2, -0.15) is 0 Å². The van der Waals surface area contributed by atoms with Crippen LogP contribution in [-0.4, -0.2) is 35.8 Å². The van der Waals surface area contributed by atoms with Gasteiger partial charge in [0.25, 0.3) is 0 Å². The normalized spacial score (nSPS) is 11.2. The third-order valence-corrected chi connectivity index (χ3v) is 5.30. The molecule has 7 heteroatoms. The number of nitrogens with one attached hydrogen (secondary N) is 1. The summed E-state index contributed by atoms with van der Waals surface area (Å²) >= 11 is 0. The number of sulfonamides is 1. The monoisotopic (exact) mass is 365 g/mol. The highest BCUT2D eigenvalue weighted by Crippen LogP contribution is 2.28. The predicted molar refractivity (Wildman–Crippen MR) is 96.1 cm³/mol. The Labute approximate surface area is 148 Å². The summed E-state index contributed by atoms with van der Waals surface area (Å²) in [5.74, 6) is 1.46. The van der Waals surface area contributed by atoms with Crippen molar-refractivity contribution in [3.63, 3.8) is 0 Å². The summed E-state index contributed by atoms with van der Waals surface area (Å²) in [6.07, 6.45) is 0. The van der Waals surface area contributed by atoms with E-state index in [0.29, 0.717) is 11.5 Å². The molecule has 0 atom stereocenters. The number of benzene rings is 2. The van der Waals surface area contributed by atoms with Gasteiger partial charge in [0.15, 0.2) is 0 Å². The Morgan fingerprint density at radius 2 is 1.64 bits per heavy atom. The molecule has 2 aromatic rings. The molecule has 1 N–H and O–H groups in total. The second-order valence-electron chi connectivity index (χ2n) is 5.51. The van der Waals surface area contributed by atoms with Gasteiger partial charge in [0.1, 0.15) is 28.8 Å². The molecule has 0 bridgehead atoms. The molecule has 0 amide bonds. The molecule has 0 aliphatic heterocycles. The maximum absolute atomic E-state index is 12.4. The average molecular weight is 365 g/mol. The Balaban J connectivity index is 1.98. The lowest BCUT2D eigenvalue weighted by Crippen LogP contribution is -2.28. The van der Waals surface area contributed by atoms with E-state index in [2.05, 4.69) is 4.72 Å². The lowest BCUT2D eigenvalue weighted by Gasteiger charge is -2.12. The molecule has 2 rings (SSSR count). The number of hydrogen-bond acceptors (Lipinski definition) is 5. The standard InChI is InChI=1S/C18H23NO5S/c1-13-5-6-16(11-14(13)2)24-10-9-19-25(20,21)18-8-7-15(22-3)12-17(18)23-4/h5-8,11-12,19H,9-10H2,1-4H3. The Bertz CT molecular complexity index is 833. The van der Waals surface area contributed by atoms with Crippen LogP contribution in [0.2, 0.25) is 0 Å². The Kier molecular flexibility index (Phi) is 6.27. The van der Waals surface area contributed by atoms with Crippen molar-refractivity contribution in [1.29, 1.82) is 0 Å². The summed E-state index contributed by atoms with van der Waals surface area (Å²) in [4.78, 5) is 0.0574. The number of methoxy groups -OCH3 is 2. The minimum absolute atomic E-state index is 0.0574. The largest absolute Gasteiger partial charge is 0.497 e. The number of rotatable bonds is 8. The molecule has 0 aliphatic rings. The van der Waals surface area contributed by atoms with Gasteiger partial charge in [0.05, 0.1) is 14.2 Å². The van der Waals surface area contributed by atoms with Crippen molar-refractivity contribution in [2.75, 3.05) is 27.4 Å². The fraction of sp³-hybridized carbons (Fsp3) is 0.333. The van der Waals surface area contributed by atoms with Crippen molar-refractivity contribution < 1.29 is 22.6 Å². The summed E-state index contributed by atoms with van der Waals surface area (Å²) in [5.41, 5.74) is 2.31. The smallest absolute Gasteiger partial charge is 0.244 e. The molecule has 6 nitrogen and oxygen atoms in total. The highest BCUT2D eigenvalue weighted by atomic mass is 32.2. The van der Waals surface area contributed by atoms with Gasteiger partial charge >= 0.3 is 0 Å². The van der Waals surface area contributed by atoms with Crippen LogP contribution >= 0.6 is 0 Å². The first-order chi connectivity index (χ1) is 11.9. The van der Waals surface area contributed by atoms with E-state index in [1.54, 1.807) is 6.07 Å². The summed E-state index contributed by atoms with van der Waals surface area (Å²) in [6.45, 7) is 4.39. The van der Waals surface area contributed by atoms with Crippen LogP contribution in [0.15, 0.2) is 41.3 Å². The fourth-order valence-electron chi connectivity index (χ4n) is 2.22. The van der Waals surface area contributed by atoms with E-state index in [0.717, 1.165) is 5.56 Å². The topological polar surface area (TPSA) is 73.9 Å². The van der Waals surface area contributed by atoms with Crippen LogP contribution in [0, 0.1) is 13.8 Å². The van der Waals surface area contributed by atoms with Crippen molar-refractivity contribution in [1.82, 2.24) is 4.72 Å². The first-order valence-electron chi connectivity index (χ1n) is 7.79. The van der Waals surface area contributed by atoms with Crippen molar-refractivity contribution in [3.8, 4) is 17.2 Å². The van der Waals surface area contributed by atoms with Gasteiger partial charge in [-0.25, -0.2) is 13.1 Å².